The van der Waals surface area contributed by atoms with E-state index in [-0.39, 0.29) is 5.91 Å². The number of rotatable bonds is 16. The van der Waals surface area contributed by atoms with Gasteiger partial charge in [-0.25, -0.2) is 0 Å². The zero-order valence-electron chi connectivity index (χ0n) is 17.1. The maximum Gasteiger partial charge on any atom is 0.238 e. The number of anilines is 1. The SMILES string of the molecule is CCCCCCCCCCCCCCCC(=O)NNc1c(Cl)cc(Cl)cc1Cl. The molecule has 0 aliphatic heterocycles. The molecular formula is C22H35Cl3N2O. The summed E-state index contributed by atoms with van der Waals surface area (Å²) in [6.45, 7) is 2.26. The van der Waals surface area contributed by atoms with Gasteiger partial charge in [0.05, 0.1) is 15.7 Å². The van der Waals surface area contributed by atoms with Crippen LogP contribution in [0.1, 0.15) is 96.8 Å². The number of carbonyl (C=O) groups is 1. The average Bonchev–Trinajstić information content (AvgIpc) is 2.64. The lowest BCUT2D eigenvalue weighted by molar-refractivity contribution is -0.120. The van der Waals surface area contributed by atoms with Crippen molar-refractivity contribution in [2.24, 2.45) is 0 Å². The molecule has 0 atom stereocenters. The lowest BCUT2D eigenvalue weighted by Gasteiger charge is -2.12. The van der Waals surface area contributed by atoms with Crippen LogP contribution in [0.25, 0.3) is 0 Å². The second-order valence-electron chi connectivity index (χ2n) is 7.41. The van der Waals surface area contributed by atoms with Gasteiger partial charge < -0.3 is 0 Å². The number of amides is 1. The molecule has 0 aliphatic carbocycles. The molecule has 0 saturated carbocycles. The Morgan fingerprint density at radius 3 is 1.64 bits per heavy atom. The van der Waals surface area contributed by atoms with Crippen molar-refractivity contribution in [2.45, 2.75) is 96.8 Å². The van der Waals surface area contributed by atoms with E-state index in [1.807, 2.05) is 0 Å². The Balaban J connectivity index is 1.96. The van der Waals surface area contributed by atoms with E-state index in [9.17, 15) is 4.79 Å². The summed E-state index contributed by atoms with van der Waals surface area (Å²) in [4.78, 5) is 11.9. The van der Waals surface area contributed by atoms with Crippen LogP contribution in [-0.2, 0) is 4.79 Å². The van der Waals surface area contributed by atoms with Gasteiger partial charge in [-0.15, -0.1) is 0 Å². The Hall–Kier alpha value is -0.640. The minimum absolute atomic E-state index is 0.0647. The fourth-order valence-electron chi connectivity index (χ4n) is 3.16. The molecule has 0 unspecified atom stereocenters. The lowest BCUT2D eigenvalue weighted by Crippen LogP contribution is -2.29. The molecule has 0 aromatic heterocycles. The second kappa shape index (κ2) is 16.2. The Kier molecular flexibility index (Phi) is 14.7. The van der Waals surface area contributed by atoms with Crippen LogP contribution < -0.4 is 10.9 Å². The van der Waals surface area contributed by atoms with E-state index in [1.54, 1.807) is 12.1 Å². The van der Waals surface area contributed by atoms with Gasteiger partial charge in [-0.05, 0) is 18.6 Å². The van der Waals surface area contributed by atoms with Crippen molar-refractivity contribution in [3.05, 3.63) is 27.2 Å². The van der Waals surface area contributed by atoms with Crippen molar-refractivity contribution < 1.29 is 4.79 Å². The van der Waals surface area contributed by atoms with E-state index in [0.717, 1.165) is 12.8 Å². The van der Waals surface area contributed by atoms with Crippen molar-refractivity contribution in [2.75, 3.05) is 5.43 Å². The first kappa shape index (κ1) is 25.4. The van der Waals surface area contributed by atoms with Crippen molar-refractivity contribution in [3.63, 3.8) is 0 Å². The smallest absolute Gasteiger partial charge is 0.238 e. The predicted octanol–water partition coefficient (Wildman–Crippen LogP) is 8.57. The van der Waals surface area contributed by atoms with Crippen LogP contribution >= 0.6 is 34.8 Å². The van der Waals surface area contributed by atoms with Crippen LogP contribution in [0.4, 0.5) is 5.69 Å². The Labute approximate surface area is 185 Å². The van der Waals surface area contributed by atoms with Gasteiger partial charge in [0.15, 0.2) is 0 Å². The van der Waals surface area contributed by atoms with Crippen molar-refractivity contribution >= 4 is 46.4 Å². The fourth-order valence-corrected chi connectivity index (χ4v) is 4.07. The van der Waals surface area contributed by atoms with Gasteiger partial charge in [0.1, 0.15) is 0 Å². The van der Waals surface area contributed by atoms with E-state index >= 15 is 0 Å². The van der Waals surface area contributed by atoms with Gasteiger partial charge in [0, 0.05) is 11.4 Å². The van der Waals surface area contributed by atoms with Gasteiger partial charge >= 0.3 is 0 Å². The van der Waals surface area contributed by atoms with Crippen molar-refractivity contribution in [1.29, 1.82) is 0 Å². The molecule has 0 saturated heterocycles. The molecule has 160 valence electrons. The van der Waals surface area contributed by atoms with E-state index in [0.29, 0.717) is 27.2 Å². The topological polar surface area (TPSA) is 41.1 Å². The summed E-state index contributed by atoms with van der Waals surface area (Å²) in [6, 6.07) is 3.16. The highest BCUT2D eigenvalue weighted by atomic mass is 35.5. The normalized spacial score (nSPS) is 10.9. The first-order valence-corrected chi connectivity index (χ1v) is 11.9. The molecule has 0 bridgehead atoms. The zero-order chi connectivity index (χ0) is 20.6. The van der Waals surface area contributed by atoms with Crippen molar-refractivity contribution in [1.82, 2.24) is 5.43 Å². The highest BCUT2D eigenvalue weighted by molar-refractivity contribution is 6.41. The summed E-state index contributed by atoms with van der Waals surface area (Å²) in [5, 5.41) is 1.20. The Morgan fingerprint density at radius 1 is 0.750 bits per heavy atom. The Bertz CT molecular complexity index is 544. The number of halogens is 3. The minimum Gasteiger partial charge on any atom is -0.296 e. The van der Waals surface area contributed by atoms with E-state index in [2.05, 4.69) is 17.8 Å². The second-order valence-corrected chi connectivity index (χ2v) is 8.66. The number of hydrogen-bond donors (Lipinski definition) is 2. The molecule has 1 aromatic rings. The summed E-state index contributed by atoms with van der Waals surface area (Å²) in [6.07, 6.45) is 17.3. The van der Waals surface area contributed by atoms with Crippen molar-refractivity contribution in [3.8, 4) is 0 Å². The molecule has 0 radical (unpaired) electrons. The number of hydrazine groups is 1. The summed E-state index contributed by atoms with van der Waals surface area (Å²) >= 11 is 18.0. The molecule has 28 heavy (non-hydrogen) atoms. The third kappa shape index (κ3) is 12.0. The van der Waals surface area contributed by atoms with Crippen LogP contribution in [0.5, 0.6) is 0 Å². The summed E-state index contributed by atoms with van der Waals surface area (Å²) < 4.78 is 0. The summed E-state index contributed by atoms with van der Waals surface area (Å²) in [5.41, 5.74) is 5.89. The first-order valence-electron chi connectivity index (χ1n) is 10.7. The largest absolute Gasteiger partial charge is 0.296 e. The molecule has 1 rings (SSSR count). The van der Waals surface area contributed by atoms with Crippen LogP contribution in [-0.4, -0.2) is 5.91 Å². The van der Waals surface area contributed by atoms with Crippen LogP contribution in [0.2, 0.25) is 15.1 Å². The average molecular weight is 450 g/mol. The van der Waals surface area contributed by atoms with Gasteiger partial charge in [0.2, 0.25) is 5.91 Å². The maximum atomic E-state index is 11.9. The maximum absolute atomic E-state index is 11.9. The highest BCUT2D eigenvalue weighted by Crippen LogP contribution is 2.33. The van der Waals surface area contributed by atoms with Crippen LogP contribution in [0, 0.1) is 0 Å². The summed E-state index contributed by atoms with van der Waals surface area (Å²) in [7, 11) is 0. The number of unbranched alkanes of at least 4 members (excludes halogenated alkanes) is 12. The lowest BCUT2D eigenvalue weighted by atomic mass is 10.0. The summed E-state index contributed by atoms with van der Waals surface area (Å²) in [5.74, 6) is -0.0647. The molecule has 6 heteroatoms. The van der Waals surface area contributed by atoms with E-state index in [4.69, 9.17) is 34.8 Å². The molecule has 0 spiro atoms. The standard InChI is InChI=1S/C22H35Cl3N2O/c1-2-3-4-5-6-7-8-9-10-11-12-13-14-15-21(28)26-27-22-19(24)16-18(23)17-20(22)25/h16-17,27H,2-15H2,1H3,(H,26,28). The molecule has 0 fully saturated rings. The van der Waals surface area contributed by atoms with E-state index in [1.165, 1.54) is 70.6 Å². The molecule has 2 N–H and O–H groups in total. The minimum atomic E-state index is -0.0647. The molecular weight excluding hydrogens is 415 g/mol. The van der Waals surface area contributed by atoms with E-state index < -0.39 is 0 Å². The molecule has 3 nitrogen and oxygen atoms in total. The number of carbonyl (C=O) groups excluding carboxylic acids is 1. The molecule has 0 aliphatic rings. The van der Waals surface area contributed by atoms with Crippen LogP contribution in [0.3, 0.4) is 0 Å². The molecule has 1 amide bonds. The van der Waals surface area contributed by atoms with Crippen LogP contribution in [0.15, 0.2) is 12.1 Å². The van der Waals surface area contributed by atoms with Gasteiger partial charge in [0.25, 0.3) is 0 Å². The van der Waals surface area contributed by atoms with Gasteiger partial charge in [-0.3, -0.25) is 15.6 Å². The number of hydrogen-bond acceptors (Lipinski definition) is 2. The Morgan fingerprint density at radius 2 is 1.18 bits per heavy atom. The highest BCUT2D eigenvalue weighted by Gasteiger charge is 2.09. The fraction of sp³-hybridized carbons (Fsp3) is 0.682. The number of benzene rings is 1. The molecule has 0 heterocycles. The van der Waals surface area contributed by atoms with Gasteiger partial charge in [-0.2, -0.15) is 0 Å². The number of nitrogens with one attached hydrogen (secondary N) is 2. The monoisotopic (exact) mass is 448 g/mol. The van der Waals surface area contributed by atoms with Gasteiger partial charge in [-0.1, -0.05) is 119 Å². The first-order chi connectivity index (χ1) is 13.5. The third-order valence-electron chi connectivity index (χ3n) is 4.84. The third-order valence-corrected chi connectivity index (χ3v) is 5.66. The quantitative estimate of drug-likeness (QED) is 0.196. The molecule has 1 aromatic carbocycles. The predicted molar refractivity (Wildman–Crippen MR) is 124 cm³/mol. The zero-order valence-corrected chi connectivity index (χ0v) is 19.4.